The lowest BCUT2D eigenvalue weighted by molar-refractivity contribution is 0.130. The number of nitrogens with zero attached hydrogens (tertiary/aromatic N) is 1. The van der Waals surface area contributed by atoms with Gasteiger partial charge in [0.1, 0.15) is 5.75 Å². The highest BCUT2D eigenvalue weighted by molar-refractivity contribution is 5.36. The zero-order valence-corrected chi connectivity index (χ0v) is 11.9. The monoisotopic (exact) mass is 247 g/mol. The van der Waals surface area contributed by atoms with Gasteiger partial charge in [0.25, 0.3) is 0 Å². The summed E-state index contributed by atoms with van der Waals surface area (Å²) in [5.74, 6) is 1.76. The molecule has 0 radical (unpaired) electrons. The van der Waals surface area contributed by atoms with Crippen molar-refractivity contribution in [2.24, 2.45) is 5.92 Å². The summed E-state index contributed by atoms with van der Waals surface area (Å²) in [6.07, 6.45) is 3.92. The van der Waals surface area contributed by atoms with Crippen LogP contribution in [0.3, 0.4) is 0 Å². The molecule has 0 aromatic heterocycles. The van der Waals surface area contributed by atoms with Crippen molar-refractivity contribution in [1.82, 2.24) is 4.90 Å². The third-order valence-electron chi connectivity index (χ3n) is 3.71. The molecule has 1 aromatic carbocycles. The van der Waals surface area contributed by atoms with Crippen LogP contribution in [0.5, 0.6) is 5.75 Å². The number of para-hydroxylation sites is 1. The fraction of sp³-hybridized carbons (Fsp3) is 0.625. The van der Waals surface area contributed by atoms with Gasteiger partial charge >= 0.3 is 0 Å². The van der Waals surface area contributed by atoms with E-state index >= 15 is 0 Å². The van der Waals surface area contributed by atoms with E-state index in [-0.39, 0.29) is 0 Å². The summed E-state index contributed by atoms with van der Waals surface area (Å²) in [5.41, 5.74) is 1.36. The molecule has 1 aliphatic heterocycles. The Morgan fingerprint density at radius 2 is 2.06 bits per heavy atom. The van der Waals surface area contributed by atoms with Crippen molar-refractivity contribution in [3.8, 4) is 5.75 Å². The summed E-state index contributed by atoms with van der Waals surface area (Å²) in [7, 11) is 1.77. The molecular weight excluding hydrogens is 222 g/mol. The van der Waals surface area contributed by atoms with Crippen molar-refractivity contribution in [1.29, 1.82) is 0 Å². The van der Waals surface area contributed by atoms with Gasteiger partial charge in [0.2, 0.25) is 0 Å². The molecule has 0 bridgehead atoms. The van der Waals surface area contributed by atoms with Gasteiger partial charge in [-0.25, -0.2) is 0 Å². The number of benzene rings is 1. The van der Waals surface area contributed by atoms with Gasteiger partial charge in [-0.05, 0) is 31.4 Å². The second-order valence-corrected chi connectivity index (χ2v) is 5.64. The van der Waals surface area contributed by atoms with E-state index in [0.717, 1.165) is 11.7 Å². The normalized spacial score (nSPS) is 21.2. The maximum Gasteiger partial charge on any atom is 0.123 e. The second-order valence-electron chi connectivity index (χ2n) is 5.64. The summed E-state index contributed by atoms with van der Waals surface area (Å²) in [4.78, 5) is 2.63. The number of methoxy groups -OCH3 is 1. The van der Waals surface area contributed by atoms with E-state index in [1.54, 1.807) is 7.11 Å². The summed E-state index contributed by atoms with van der Waals surface area (Å²) in [5, 5.41) is 0. The molecule has 1 unspecified atom stereocenters. The Hall–Kier alpha value is -1.02. The first-order valence-electron chi connectivity index (χ1n) is 7.09. The van der Waals surface area contributed by atoms with Crippen LogP contribution in [0.1, 0.15) is 44.7 Å². The summed E-state index contributed by atoms with van der Waals surface area (Å²) < 4.78 is 5.53. The van der Waals surface area contributed by atoms with Crippen LogP contribution in [-0.2, 0) is 0 Å². The van der Waals surface area contributed by atoms with Gasteiger partial charge in [0.15, 0.2) is 0 Å². The average Bonchev–Trinajstić information content (AvgIpc) is 2.39. The number of hydrogen-bond donors (Lipinski definition) is 0. The van der Waals surface area contributed by atoms with Gasteiger partial charge in [-0.2, -0.15) is 0 Å². The SMILES string of the molecule is COc1ccccc1C1CCCCN1CC(C)C. The average molecular weight is 247 g/mol. The molecule has 0 amide bonds. The molecule has 0 spiro atoms. The molecule has 2 nitrogen and oxygen atoms in total. The molecule has 1 aliphatic rings. The molecule has 1 atom stereocenters. The number of rotatable bonds is 4. The Morgan fingerprint density at radius 3 is 2.78 bits per heavy atom. The molecule has 0 saturated carbocycles. The van der Waals surface area contributed by atoms with Crippen LogP contribution in [0.15, 0.2) is 24.3 Å². The Morgan fingerprint density at radius 1 is 1.28 bits per heavy atom. The third kappa shape index (κ3) is 3.05. The van der Waals surface area contributed by atoms with Crippen molar-refractivity contribution in [2.45, 2.75) is 39.2 Å². The van der Waals surface area contributed by atoms with E-state index in [1.165, 1.54) is 37.9 Å². The highest BCUT2D eigenvalue weighted by Crippen LogP contribution is 2.36. The van der Waals surface area contributed by atoms with E-state index in [4.69, 9.17) is 4.74 Å². The quantitative estimate of drug-likeness (QED) is 0.800. The fourth-order valence-electron chi connectivity index (χ4n) is 2.97. The predicted octanol–water partition coefficient (Wildman–Crippen LogP) is 3.88. The van der Waals surface area contributed by atoms with E-state index < -0.39 is 0 Å². The van der Waals surface area contributed by atoms with Crippen LogP contribution in [0, 0.1) is 5.92 Å². The fourth-order valence-corrected chi connectivity index (χ4v) is 2.97. The van der Waals surface area contributed by atoms with Crippen LogP contribution >= 0.6 is 0 Å². The Balaban J connectivity index is 2.22. The number of piperidine rings is 1. The predicted molar refractivity (Wildman–Crippen MR) is 76.0 cm³/mol. The minimum absolute atomic E-state index is 0.539. The second kappa shape index (κ2) is 6.24. The largest absolute Gasteiger partial charge is 0.496 e. The van der Waals surface area contributed by atoms with Crippen molar-refractivity contribution in [3.05, 3.63) is 29.8 Å². The third-order valence-corrected chi connectivity index (χ3v) is 3.71. The standard InChI is InChI=1S/C16H25NO/c1-13(2)12-17-11-7-6-9-15(17)14-8-4-5-10-16(14)18-3/h4-5,8,10,13,15H,6-7,9,11-12H2,1-3H3. The number of hydrogen-bond acceptors (Lipinski definition) is 2. The molecule has 18 heavy (non-hydrogen) atoms. The highest BCUT2D eigenvalue weighted by atomic mass is 16.5. The van der Waals surface area contributed by atoms with Crippen LogP contribution in [0.2, 0.25) is 0 Å². The van der Waals surface area contributed by atoms with Gasteiger partial charge in [-0.15, -0.1) is 0 Å². The zero-order chi connectivity index (χ0) is 13.0. The van der Waals surface area contributed by atoms with Gasteiger partial charge in [0, 0.05) is 18.2 Å². The van der Waals surface area contributed by atoms with E-state index in [0.29, 0.717) is 6.04 Å². The minimum Gasteiger partial charge on any atom is -0.496 e. The molecule has 2 rings (SSSR count). The van der Waals surface area contributed by atoms with E-state index in [9.17, 15) is 0 Å². The van der Waals surface area contributed by atoms with Crippen molar-refractivity contribution >= 4 is 0 Å². The maximum absolute atomic E-state index is 5.53. The van der Waals surface area contributed by atoms with Crippen molar-refractivity contribution < 1.29 is 4.74 Å². The summed E-state index contributed by atoms with van der Waals surface area (Å²) >= 11 is 0. The molecule has 0 N–H and O–H groups in total. The smallest absolute Gasteiger partial charge is 0.123 e. The lowest BCUT2D eigenvalue weighted by atomic mass is 9.93. The Bertz CT molecular complexity index is 375. The van der Waals surface area contributed by atoms with Gasteiger partial charge < -0.3 is 4.74 Å². The summed E-state index contributed by atoms with van der Waals surface area (Å²) in [6, 6.07) is 9.02. The van der Waals surface area contributed by atoms with Crippen LogP contribution < -0.4 is 4.74 Å². The van der Waals surface area contributed by atoms with Crippen LogP contribution in [0.4, 0.5) is 0 Å². The first-order valence-corrected chi connectivity index (χ1v) is 7.09. The van der Waals surface area contributed by atoms with Gasteiger partial charge in [-0.3, -0.25) is 4.90 Å². The Labute approximate surface area is 111 Å². The molecule has 1 aromatic rings. The maximum atomic E-state index is 5.53. The lowest BCUT2D eigenvalue weighted by Gasteiger charge is -2.37. The lowest BCUT2D eigenvalue weighted by Crippen LogP contribution is -2.36. The number of ether oxygens (including phenoxy) is 1. The minimum atomic E-state index is 0.539. The first kappa shape index (κ1) is 13.4. The zero-order valence-electron chi connectivity index (χ0n) is 11.9. The summed E-state index contributed by atoms with van der Waals surface area (Å²) in [6.45, 7) is 7.01. The molecule has 1 saturated heterocycles. The topological polar surface area (TPSA) is 12.5 Å². The number of likely N-dealkylation sites (tertiary alicyclic amines) is 1. The first-order chi connectivity index (χ1) is 8.72. The van der Waals surface area contributed by atoms with Gasteiger partial charge in [0.05, 0.1) is 7.11 Å². The highest BCUT2D eigenvalue weighted by Gasteiger charge is 2.26. The molecule has 0 aliphatic carbocycles. The Kier molecular flexibility index (Phi) is 4.65. The molecule has 100 valence electrons. The molecule has 2 heteroatoms. The van der Waals surface area contributed by atoms with E-state index in [2.05, 4.69) is 43.0 Å². The van der Waals surface area contributed by atoms with Crippen LogP contribution in [0.25, 0.3) is 0 Å². The molecule has 1 heterocycles. The van der Waals surface area contributed by atoms with Gasteiger partial charge in [-0.1, -0.05) is 38.5 Å². The molecular formula is C16H25NO. The molecule has 1 fully saturated rings. The van der Waals surface area contributed by atoms with Crippen molar-refractivity contribution in [2.75, 3.05) is 20.2 Å². The van der Waals surface area contributed by atoms with E-state index in [1.807, 2.05) is 0 Å². The van der Waals surface area contributed by atoms with Crippen LogP contribution in [-0.4, -0.2) is 25.1 Å². The van der Waals surface area contributed by atoms with Crippen molar-refractivity contribution in [3.63, 3.8) is 0 Å².